The van der Waals surface area contributed by atoms with E-state index in [9.17, 15) is 4.79 Å². The number of aliphatic hydroxyl groups is 1. The molecule has 2 N–H and O–H groups in total. The van der Waals surface area contributed by atoms with Crippen LogP contribution in [0.2, 0.25) is 0 Å². The zero-order valence-electron chi connectivity index (χ0n) is 12.5. The quantitative estimate of drug-likeness (QED) is 0.596. The number of urea groups is 1. The Balaban J connectivity index is 2.62. The Labute approximate surface area is 125 Å². The van der Waals surface area contributed by atoms with Crippen LogP contribution < -0.4 is 5.32 Å². The van der Waals surface area contributed by atoms with Crippen molar-refractivity contribution < 1.29 is 14.6 Å². The summed E-state index contributed by atoms with van der Waals surface area (Å²) in [7, 11) is 0. The van der Waals surface area contributed by atoms with Crippen LogP contribution in [0.5, 0.6) is 0 Å². The molecular formula is C16H22N2O3. The number of carbonyl (C=O) groups is 1. The van der Waals surface area contributed by atoms with Gasteiger partial charge in [0.05, 0.1) is 19.8 Å². The fraction of sp³-hybridized carbons (Fsp3) is 0.438. The number of carbonyl (C=O) groups excluding carboxylic acids is 1. The molecule has 0 radical (unpaired) electrons. The van der Waals surface area contributed by atoms with Crippen LogP contribution >= 0.6 is 0 Å². The van der Waals surface area contributed by atoms with Gasteiger partial charge in [-0.1, -0.05) is 12.0 Å². The smallest absolute Gasteiger partial charge is 0.322 e. The Bertz CT molecular complexity index is 495. The third kappa shape index (κ3) is 5.86. The number of amides is 2. The number of aliphatic hydroxyl groups excluding tert-OH is 1. The van der Waals surface area contributed by atoms with Crippen molar-refractivity contribution in [3.63, 3.8) is 0 Å². The van der Waals surface area contributed by atoms with Crippen LogP contribution in [0.3, 0.4) is 0 Å². The zero-order chi connectivity index (χ0) is 15.7. The van der Waals surface area contributed by atoms with E-state index in [1.807, 2.05) is 13.8 Å². The summed E-state index contributed by atoms with van der Waals surface area (Å²) in [6.07, 6.45) is 5.34. The molecule has 1 aromatic carbocycles. The third-order valence-corrected chi connectivity index (χ3v) is 2.88. The highest BCUT2D eigenvalue weighted by Crippen LogP contribution is 2.11. The van der Waals surface area contributed by atoms with Crippen LogP contribution in [-0.2, 0) is 4.74 Å². The second-order valence-corrected chi connectivity index (χ2v) is 4.78. The first-order valence-electron chi connectivity index (χ1n) is 6.91. The maximum atomic E-state index is 12.3. The predicted molar refractivity (Wildman–Crippen MR) is 83.1 cm³/mol. The molecule has 0 heterocycles. The molecular weight excluding hydrogens is 268 g/mol. The number of rotatable bonds is 7. The van der Waals surface area contributed by atoms with Crippen molar-refractivity contribution in [1.82, 2.24) is 4.90 Å². The van der Waals surface area contributed by atoms with Crippen LogP contribution in [0.1, 0.15) is 19.4 Å². The van der Waals surface area contributed by atoms with Gasteiger partial charge in [-0.2, -0.15) is 0 Å². The van der Waals surface area contributed by atoms with E-state index in [4.69, 9.17) is 16.3 Å². The number of hydrogen-bond acceptors (Lipinski definition) is 3. The maximum absolute atomic E-state index is 12.3. The Kier molecular flexibility index (Phi) is 7.30. The molecule has 0 aliphatic heterocycles. The van der Waals surface area contributed by atoms with Crippen molar-refractivity contribution in [2.24, 2.45) is 0 Å². The van der Waals surface area contributed by atoms with Gasteiger partial charge >= 0.3 is 6.03 Å². The summed E-state index contributed by atoms with van der Waals surface area (Å²) in [6.45, 7) is 4.96. The van der Waals surface area contributed by atoms with E-state index in [0.29, 0.717) is 18.8 Å². The van der Waals surface area contributed by atoms with Crippen molar-refractivity contribution >= 4 is 11.7 Å². The van der Waals surface area contributed by atoms with Gasteiger partial charge in [0, 0.05) is 23.8 Å². The number of nitrogens with zero attached hydrogens (tertiary/aromatic N) is 1. The van der Waals surface area contributed by atoms with Gasteiger partial charge in [-0.3, -0.25) is 0 Å². The van der Waals surface area contributed by atoms with Gasteiger partial charge in [0.25, 0.3) is 0 Å². The normalized spacial score (nSPS) is 10.2. The van der Waals surface area contributed by atoms with Gasteiger partial charge < -0.3 is 20.1 Å². The summed E-state index contributed by atoms with van der Waals surface area (Å²) in [6, 6.07) is 6.98. The second kappa shape index (κ2) is 9.01. The molecule has 2 amide bonds. The molecule has 114 valence electrons. The molecule has 0 saturated heterocycles. The van der Waals surface area contributed by atoms with E-state index < -0.39 is 0 Å². The standard InChI is InChI=1S/C16H22N2O3/c1-4-14-6-5-7-15(12-14)17-16(20)18(13(2)3)8-10-21-11-9-19/h1,5-7,12-13,19H,8-11H2,2-3H3,(H,17,20). The highest BCUT2D eigenvalue weighted by atomic mass is 16.5. The first-order chi connectivity index (χ1) is 10.1. The molecule has 1 rings (SSSR count). The number of nitrogens with one attached hydrogen (secondary N) is 1. The molecule has 0 aliphatic carbocycles. The van der Waals surface area contributed by atoms with Gasteiger partial charge in [-0.05, 0) is 32.0 Å². The lowest BCUT2D eigenvalue weighted by molar-refractivity contribution is 0.0757. The first kappa shape index (κ1) is 17.0. The SMILES string of the molecule is C#Cc1cccc(NC(=O)N(CCOCCO)C(C)C)c1. The van der Waals surface area contributed by atoms with E-state index in [1.165, 1.54) is 0 Å². The lowest BCUT2D eigenvalue weighted by Gasteiger charge is -2.27. The highest BCUT2D eigenvalue weighted by molar-refractivity contribution is 5.89. The monoisotopic (exact) mass is 290 g/mol. The number of terminal acetylenes is 1. The molecule has 0 atom stereocenters. The summed E-state index contributed by atoms with van der Waals surface area (Å²) in [4.78, 5) is 13.9. The van der Waals surface area contributed by atoms with Gasteiger partial charge in [0.2, 0.25) is 0 Å². The fourth-order valence-electron chi connectivity index (χ4n) is 1.81. The lowest BCUT2D eigenvalue weighted by atomic mass is 10.2. The molecule has 0 fully saturated rings. The van der Waals surface area contributed by atoms with Crippen molar-refractivity contribution in [3.8, 4) is 12.3 Å². The molecule has 5 heteroatoms. The fourth-order valence-corrected chi connectivity index (χ4v) is 1.81. The number of hydrogen-bond donors (Lipinski definition) is 2. The number of benzene rings is 1. The average Bonchev–Trinajstić information content (AvgIpc) is 2.46. The number of ether oxygens (including phenoxy) is 1. The van der Waals surface area contributed by atoms with Crippen LogP contribution in [0.15, 0.2) is 24.3 Å². The van der Waals surface area contributed by atoms with E-state index >= 15 is 0 Å². The lowest BCUT2D eigenvalue weighted by Crippen LogP contribution is -2.42. The van der Waals surface area contributed by atoms with Crippen molar-refractivity contribution in [3.05, 3.63) is 29.8 Å². The Morgan fingerprint density at radius 1 is 1.48 bits per heavy atom. The van der Waals surface area contributed by atoms with Gasteiger partial charge in [0.15, 0.2) is 0 Å². The Morgan fingerprint density at radius 3 is 2.86 bits per heavy atom. The molecule has 0 unspecified atom stereocenters. The van der Waals surface area contributed by atoms with Crippen LogP contribution in [-0.4, -0.2) is 48.4 Å². The molecule has 0 aromatic heterocycles. The molecule has 5 nitrogen and oxygen atoms in total. The van der Waals surface area contributed by atoms with Gasteiger partial charge in [-0.25, -0.2) is 4.79 Å². The Morgan fingerprint density at radius 2 is 2.24 bits per heavy atom. The molecule has 0 bridgehead atoms. The molecule has 0 aliphatic rings. The average molecular weight is 290 g/mol. The second-order valence-electron chi connectivity index (χ2n) is 4.78. The summed E-state index contributed by atoms with van der Waals surface area (Å²) in [5.41, 5.74) is 1.38. The minimum atomic E-state index is -0.202. The van der Waals surface area contributed by atoms with Gasteiger partial charge in [0.1, 0.15) is 0 Å². The van der Waals surface area contributed by atoms with Crippen molar-refractivity contribution in [2.45, 2.75) is 19.9 Å². The molecule has 21 heavy (non-hydrogen) atoms. The molecule has 0 saturated carbocycles. The van der Waals surface area contributed by atoms with E-state index in [0.717, 1.165) is 5.56 Å². The minimum Gasteiger partial charge on any atom is -0.394 e. The van der Waals surface area contributed by atoms with Crippen LogP contribution in [0, 0.1) is 12.3 Å². The van der Waals surface area contributed by atoms with Crippen LogP contribution in [0.25, 0.3) is 0 Å². The molecule has 0 spiro atoms. The largest absolute Gasteiger partial charge is 0.394 e. The van der Waals surface area contributed by atoms with Crippen molar-refractivity contribution in [2.75, 3.05) is 31.7 Å². The molecule has 1 aromatic rings. The van der Waals surface area contributed by atoms with Crippen LogP contribution in [0.4, 0.5) is 10.5 Å². The van der Waals surface area contributed by atoms with E-state index in [1.54, 1.807) is 29.2 Å². The summed E-state index contributed by atoms with van der Waals surface area (Å²) < 4.78 is 5.20. The number of anilines is 1. The first-order valence-corrected chi connectivity index (χ1v) is 6.91. The summed E-state index contributed by atoms with van der Waals surface area (Å²) in [5, 5.41) is 11.5. The predicted octanol–water partition coefficient (Wildman–Crippen LogP) is 1.92. The van der Waals surface area contributed by atoms with Crippen molar-refractivity contribution in [1.29, 1.82) is 0 Å². The maximum Gasteiger partial charge on any atom is 0.322 e. The zero-order valence-corrected chi connectivity index (χ0v) is 12.5. The summed E-state index contributed by atoms with van der Waals surface area (Å²) in [5.74, 6) is 2.53. The highest BCUT2D eigenvalue weighted by Gasteiger charge is 2.16. The minimum absolute atomic E-state index is 0.0211. The third-order valence-electron chi connectivity index (χ3n) is 2.88. The van der Waals surface area contributed by atoms with E-state index in [-0.39, 0.29) is 25.3 Å². The van der Waals surface area contributed by atoms with Gasteiger partial charge in [-0.15, -0.1) is 6.42 Å². The Hall–Kier alpha value is -2.03. The summed E-state index contributed by atoms with van der Waals surface area (Å²) >= 11 is 0. The van der Waals surface area contributed by atoms with E-state index in [2.05, 4.69) is 11.2 Å². The topological polar surface area (TPSA) is 61.8 Å².